The second kappa shape index (κ2) is 9.55. The van der Waals surface area contributed by atoms with E-state index in [0.717, 1.165) is 12.0 Å². The second-order valence-corrected chi connectivity index (χ2v) is 7.65. The molecule has 0 aliphatic rings. The van der Waals surface area contributed by atoms with Crippen molar-refractivity contribution in [2.75, 3.05) is 20.0 Å². The molecule has 0 fully saturated rings. The largest absolute Gasteiger partial charge is 0.493 e. The van der Waals surface area contributed by atoms with Gasteiger partial charge in [0.1, 0.15) is 11.5 Å². The molecule has 0 aliphatic carbocycles. The first-order valence-electron chi connectivity index (χ1n) is 8.70. The highest BCUT2D eigenvalue weighted by Crippen LogP contribution is 2.32. The van der Waals surface area contributed by atoms with Crippen LogP contribution in [0, 0.1) is 6.92 Å². The Kier molecular flexibility index (Phi) is 7.41. The third kappa shape index (κ3) is 5.56. The summed E-state index contributed by atoms with van der Waals surface area (Å²) in [6.07, 6.45) is 0.829. The number of aryl methyl sites for hydroxylation is 1. The van der Waals surface area contributed by atoms with Crippen LogP contribution >= 0.6 is 0 Å². The van der Waals surface area contributed by atoms with Crippen LogP contribution in [0.2, 0.25) is 0 Å². The lowest BCUT2D eigenvalue weighted by Crippen LogP contribution is -2.35. The molecule has 1 N–H and O–H groups in total. The standard InChI is InChI=1S/C19H26N2O5S/c1-6-12(2)20-18(22)11-27(23)10-15-13(3)26-19(21-15)14-7-8-16(24-4)17(9-14)25-5/h7-9,12H,6,10-11H2,1-5H3,(H,20,22). The number of nitrogens with one attached hydrogen (secondary N) is 1. The van der Waals surface area contributed by atoms with Gasteiger partial charge in [0, 0.05) is 22.4 Å². The Morgan fingerprint density at radius 1 is 1.30 bits per heavy atom. The molecule has 0 radical (unpaired) electrons. The van der Waals surface area contributed by atoms with Gasteiger partial charge in [0.05, 0.1) is 25.7 Å². The lowest BCUT2D eigenvalue weighted by molar-refractivity contribution is -0.119. The van der Waals surface area contributed by atoms with Crippen molar-refractivity contribution in [1.29, 1.82) is 0 Å². The average molecular weight is 394 g/mol. The van der Waals surface area contributed by atoms with E-state index >= 15 is 0 Å². The Morgan fingerprint density at radius 2 is 2.00 bits per heavy atom. The summed E-state index contributed by atoms with van der Waals surface area (Å²) in [7, 11) is 1.76. The maximum atomic E-state index is 12.3. The highest BCUT2D eigenvalue weighted by molar-refractivity contribution is 7.84. The molecule has 1 heterocycles. The van der Waals surface area contributed by atoms with E-state index in [9.17, 15) is 9.00 Å². The zero-order valence-corrected chi connectivity index (χ0v) is 17.1. The molecule has 0 saturated heterocycles. The zero-order chi connectivity index (χ0) is 20.0. The van der Waals surface area contributed by atoms with E-state index < -0.39 is 10.8 Å². The number of rotatable bonds is 9. The van der Waals surface area contributed by atoms with Gasteiger partial charge in [-0.05, 0) is 38.5 Å². The molecular formula is C19H26N2O5S. The maximum Gasteiger partial charge on any atom is 0.232 e. The van der Waals surface area contributed by atoms with Crippen molar-refractivity contribution in [3.63, 3.8) is 0 Å². The number of oxazole rings is 1. The van der Waals surface area contributed by atoms with Crippen LogP contribution in [-0.2, 0) is 21.3 Å². The Morgan fingerprint density at radius 3 is 2.63 bits per heavy atom. The fourth-order valence-corrected chi connectivity index (χ4v) is 3.47. The van der Waals surface area contributed by atoms with E-state index in [1.54, 1.807) is 33.3 Å². The van der Waals surface area contributed by atoms with Crippen molar-refractivity contribution in [2.24, 2.45) is 0 Å². The Bertz CT molecular complexity index is 818. The lowest BCUT2D eigenvalue weighted by Gasteiger charge is -2.10. The summed E-state index contributed by atoms with van der Waals surface area (Å²) in [5.74, 6) is 2.05. The normalized spacial score (nSPS) is 13.1. The van der Waals surface area contributed by atoms with Crippen LogP contribution in [0.5, 0.6) is 11.5 Å². The minimum absolute atomic E-state index is 0.0532. The summed E-state index contributed by atoms with van der Waals surface area (Å²) in [5.41, 5.74) is 1.30. The van der Waals surface area contributed by atoms with Crippen LogP contribution in [0.3, 0.4) is 0 Å². The number of aromatic nitrogens is 1. The van der Waals surface area contributed by atoms with Gasteiger partial charge in [-0.15, -0.1) is 0 Å². The molecule has 0 aliphatic heterocycles. The second-order valence-electron chi connectivity index (χ2n) is 6.20. The van der Waals surface area contributed by atoms with Gasteiger partial charge in [-0.3, -0.25) is 9.00 Å². The van der Waals surface area contributed by atoms with E-state index in [1.807, 2.05) is 19.9 Å². The van der Waals surface area contributed by atoms with Crippen LogP contribution < -0.4 is 14.8 Å². The van der Waals surface area contributed by atoms with Gasteiger partial charge in [-0.1, -0.05) is 6.92 Å². The van der Waals surface area contributed by atoms with Crippen molar-refractivity contribution in [3.8, 4) is 23.0 Å². The zero-order valence-electron chi connectivity index (χ0n) is 16.3. The molecule has 1 aromatic carbocycles. The topological polar surface area (TPSA) is 90.7 Å². The molecule has 1 amide bonds. The van der Waals surface area contributed by atoms with E-state index in [0.29, 0.717) is 28.8 Å². The number of ether oxygens (including phenoxy) is 2. The number of carbonyl (C=O) groups excluding carboxylic acids is 1. The molecule has 0 saturated carbocycles. The number of hydrogen-bond donors (Lipinski definition) is 1. The molecular weight excluding hydrogens is 368 g/mol. The molecule has 27 heavy (non-hydrogen) atoms. The number of nitrogens with zero attached hydrogens (tertiary/aromatic N) is 1. The minimum Gasteiger partial charge on any atom is -0.493 e. The van der Waals surface area contributed by atoms with Crippen LogP contribution in [0.4, 0.5) is 0 Å². The van der Waals surface area contributed by atoms with Crippen LogP contribution in [-0.4, -0.2) is 41.1 Å². The van der Waals surface area contributed by atoms with Crippen molar-refractivity contribution in [3.05, 3.63) is 29.7 Å². The minimum atomic E-state index is -1.36. The summed E-state index contributed by atoms with van der Waals surface area (Å²) in [5, 5.41) is 2.81. The van der Waals surface area contributed by atoms with Crippen LogP contribution in [0.1, 0.15) is 31.7 Å². The molecule has 1 aromatic heterocycles. The smallest absolute Gasteiger partial charge is 0.232 e. The predicted molar refractivity (Wildman–Crippen MR) is 104 cm³/mol. The SMILES string of the molecule is CCC(C)NC(=O)CS(=O)Cc1nc(-c2ccc(OC)c(OC)c2)oc1C. The molecule has 2 atom stereocenters. The highest BCUT2D eigenvalue weighted by Gasteiger charge is 2.17. The predicted octanol–water partition coefficient (Wildman–Crippen LogP) is 2.83. The quantitative estimate of drug-likeness (QED) is 0.703. The van der Waals surface area contributed by atoms with Gasteiger partial charge in [0.25, 0.3) is 0 Å². The van der Waals surface area contributed by atoms with Crippen molar-refractivity contribution in [2.45, 2.75) is 39.0 Å². The summed E-state index contributed by atoms with van der Waals surface area (Å²) in [4.78, 5) is 16.3. The van der Waals surface area contributed by atoms with Crippen molar-refractivity contribution in [1.82, 2.24) is 10.3 Å². The van der Waals surface area contributed by atoms with Crippen molar-refractivity contribution >= 4 is 16.7 Å². The Balaban J connectivity index is 2.10. The summed E-state index contributed by atoms with van der Waals surface area (Å²) in [6.45, 7) is 5.66. The van der Waals surface area contributed by atoms with Gasteiger partial charge in [0.2, 0.25) is 11.8 Å². The number of carbonyl (C=O) groups is 1. The summed E-state index contributed by atoms with van der Waals surface area (Å²) < 4.78 is 28.5. The van der Waals surface area contributed by atoms with Crippen LogP contribution in [0.15, 0.2) is 22.6 Å². The van der Waals surface area contributed by atoms with Crippen LogP contribution in [0.25, 0.3) is 11.5 Å². The van der Waals surface area contributed by atoms with Gasteiger partial charge in [0.15, 0.2) is 11.5 Å². The number of hydrogen-bond acceptors (Lipinski definition) is 6. The lowest BCUT2D eigenvalue weighted by atomic mass is 10.2. The van der Waals surface area contributed by atoms with Crippen molar-refractivity contribution < 1.29 is 22.9 Å². The summed E-state index contributed by atoms with van der Waals surface area (Å²) >= 11 is 0. The van der Waals surface area contributed by atoms with E-state index in [-0.39, 0.29) is 23.5 Å². The molecule has 0 spiro atoms. The number of amides is 1. The fourth-order valence-electron chi connectivity index (χ4n) is 2.42. The van der Waals surface area contributed by atoms with Gasteiger partial charge in [-0.2, -0.15) is 0 Å². The van der Waals surface area contributed by atoms with Gasteiger partial charge in [-0.25, -0.2) is 4.98 Å². The van der Waals surface area contributed by atoms with E-state index in [2.05, 4.69) is 10.3 Å². The average Bonchev–Trinajstić information content (AvgIpc) is 3.00. The summed E-state index contributed by atoms with van der Waals surface area (Å²) in [6, 6.07) is 5.42. The van der Waals surface area contributed by atoms with Gasteiger partial charge < -0.3 is 19.2 Å². The van der Waals surface area contributed by atoms with E-state index in [1.165, 1.54) is 0 Å². The third-order valence-corrected chi connectivity index (χ3v) is 5.31. The molecule has 8 heteroatoms. The van der Waals surface area contributed by atoms with E-state index in [4.69, 9.17) is 13.9 Å². The molecule has 7 nitrogen and oxygen atoms in total. The maximum absolute atomic E-state index is 12.3. The molecule has 148 valence electrons. The monoisotopic (exact) mass is 394 g/mol. The molecule has 2 unspecified atom stereocenters. The Labute approximate surface area is 161 Å². The first kappa shape index (κ1) is 21.0. The first-order valence-corrected chi connectivity index (χ1v) is 10.2. The Hall–Kier alpha value is -2.35. The first-order chi connectivity index (χ1) is 12.9. The number of benzene rings is 1. The molecule has 0 bridgehead atoms. The number of methoxy groups -OCH3 is 2. The highest BCUT2D eigenvalue weighted by atomic mass is 32.2. The van der Waals surface area contributed by atoms with Gasteiger partial charge >= 0.3 is 0 Å². The molecule has 2 rings (SSSR count). The molecule has 2 aromatic rings. The fraction of sp³-hybridized carbons (Fsp3) is 0.474. The third-order valence-electron chi connectivity index (χ3n) is 4.13.